The first-order valence-corrected chi connectivity index (χ1v) is 15.8. The van der Waals surface area contributed by atoms with Crippen LogP contribution >= 0.6 is 0 Å². The number of carbonyl (C=O) groups is 1. The third kappa shape index (κ3) is 8.75. The van der Waals surface area contributed by atoms with Crippen molar-refractivity contribution in [3.05, 3.63) is 70.9 Å². The van der Waals surface area contributed by atoms with E-state index < -0.39 is 17.5 Å². The molecule has 3 nitrogen and oxygen atoms in total. The molecule has 3 aromatic rings. The Morgan fingerprint density at radius 2 is 1.55 bits per heavy atom. The monoisotopic (exact) mass is 582 g/mol. The molecule has 42 heavy (non-hydrogen) atoms. The highest BCUT2D eigenvalue weighted by Gasteiger charge is 2.38. The number of benzene rings is 2. The third-order valence-electron chi connectivity index (χ3n) is 8.32. The van der Waals surface area contributed by atoms with Crippen LogP contribution in [0.1, 0.15) is 101 Å². The number of allylic oxidation sites excluding steroid dienone is 2. The minimum atomic E-state index is -4.61. The maximum Gasteiger partial charge on any atom is 0.417 e. The summed E-state index contributed by atoms with van der Waals surface area (Å²) in [5.74, 6) is -0.586. The van der Waals surface area contributed by atoms with Gasteiger partial charge in [-0.15, -0.1) is 0 Å². The zero-order valence-electron chi connectivity index (χ0n) is 26.2. The number of fused-ring (bicyclic) bond motifs is 1. The Morgan fingerprint density at radius 3 is 2.14 bits per heavy atom. The Hall–Kier alpha value is -3.02. The van der Waals surface area contributed by atoms with Crippen molar-refractivity contribution in [2.75, 3.05) is 18.5 Å². The molecule has 0 N–H and O–H groups in total. The molecule has 230 valence electrons. The Kier molecular flexibility index (Phi) is 12.8. The Bertz CT molecular complexity index is 1320. The van der Waals surface area contributed by atoms with Gasteiger partial charge in [-0.1, -0.05) is 76.6 Å². The van der Waals surface area contributed by atoms with Crippen LogP contribution in [-0.4, -0.2) is 30.1 Å². The molecule has 0 atom stereocenters. The maximum absolute atomic E-state index is 14.4. The highest BCUT2D eigenvalue weighted by Crippen LogP contribution is 2.42. The highest BCUT2D eigenvalue weighted by atomic mass is 19.4. The number of hydrogen-bond acceptors (Lipinski definition) is 2. The molecular weight excluding hydrogens is 533 g/mol. The number of rotatable bonds is 17. The minimum Gasteiger partial charge on any atom is -0.375 e. The van der Waals surface area contributed by atoms with Gasteiger partial charge in [-0.05, 0) is 86.9 Å². The van der Waals surface area contributed by atoms with Crippen LogP contribution in [0.3, 0.4) is 0 Å². The summed E-state index contributed by atoms with van der Waals surface area (Å²) >= 11 is 0. The van der Waals surface area contributed by atoms with Crippen LogP contribution < -0.4 is 4.90 Å². The van der Waals surface area contributed by atoms with Crippen LogP contribution in [0.5, 0.6) is 0 Å². The van der Waals surface area contributed by atoms with Gasteiger partial charge in [-0.2, -0.15) is 13.2 Å². The van der Waals surface area contributed by atoms with Crippen LogP contribution in [0.4, 0.5) is 18.9 Å². The van der Waals surface area contributed by atoms with Crippen LogP contribution in [0.15, 0.2) is 48.5 Å². The van der Waals surface area contributed by atoms with Crippen LogP contribution in [0.2, 0.25) is 0 Å². The topological polar surface area (TPSA) is 25.2 Å². The molecule has 0 spiro atoms. The van der Waals surface area contributed by atoms with Crippen molar-refractivity contribution < 1.29 is 18.0 Å². The van der Waals surface area contributed by atoms with Crippen LogP contribution in [0.25, 0.3) is 16.5 Å². The molecule has 0 unspecified atom stereocenters. The summed E-state index contributed by atoms with van der Waals surface area (Å²) in [5.41, 5.74) is 4.15. The fourth-order valence-corrected chi connectivity index (χ4v) is 6.14. The third-order valence-corrected chi connectivity index (χ3v) is 8.32. The molecular formula is C36H49F3N2O. The molecule has 0 radical (unpaired) electrons. The first-order chi connectivity index (χ1) is 20.1. The Morgan fingerprint density at radius 1 is 0.905 bits per heavy atom. The van der Waals surface area contributed by atoms with Gasteiger partial charge in [-0.3, -0.25) is 4.79 Å². The number of anilines is 1. The summed E-state index contributed by atoms with van der Waals surface area (Å²) < 4.78 is 45.4. The van der Waals surface area contributed by atoms with Crippen molar-refractivity contribution in [2.45, 2.75) is 111 Å². The number of nitrogens with zero attached hydrogens (tertiary/aromatic N) is 2. The predicted molar refractivity (Wildman–Crippen MR) is 171 cm³/mol. The lowest BCUT2D eigenvalue weighted by Gasteiger charge is -2.19. The normalized spacial score (nSPS) is 12.3. The summed E-state index contributed by atoms with van der Waals surface area (Å²) in [4.78, 5) is 14.2. The molecule has 0 saturated carbocycles. The van der Waals surface area contributed by atoms with Gasteiger partial charge in [-0.25, -0.2) is 0 Å². The standard InChI is InChI=1S/C36H49F3N2O/c1-6-8-19-29-22-23-33-34(35(29)31(26-27(3)42)36(37,38)39)28(4)32(7-2)41(33)25-18-13-11-9-10-12-17-24-40(5)30-20-15-14-16-21-30/h14-16,20-23,26H,6-13,17-19,24-25H2,1-5H3/b31-26+. The second kappa shape index (κ2) is 16.0. The number of aryl methyl sites for hydroxylation is 3. The lowest BCUT2D eigenvalue weighted by Crippen LogP contribution is -2.18. The van der Waals surface area contributed by atoms with E-state index >= 15 is 0 Å². The van der Waals surface area contributed by atoms with Gasteiger partial charge in [0.2, 0.25) is 0 Å². The minimum absolute atomic E-state index is 0.201. The number of hydrogen-bond donors (Lipinski definition) is 0. The van der Waals surface area contributed by atoms with E-state index in [9.17, 15) is 18.0 Å². The van der Waals surface area contributed by atoms with E-state index in [0.29, 0.717) is 17.4 Å². The molecule has 1 aromatic heterocycles. The van der Waals surface area contributed by atoms with E-state index in [1.54, 1.807) is 0 Å². The molecule has 0 aliphatic carbocycles. The quantitative estimate of drug-likeness (QED) is 0.117. The lowest BCUT2D eigenvalue weighted by atomic mass is 9.90. The molecule has 0 bridgehead atoms. The smallest absolute Gasteiger partial charge is 0.375 e. The fraction of sp³-hybridized carbons (Fsp3) is 0.528. The first kappa shape index (κ1) is 33.5. The molecule has 3 rings (SSSR count). The molecule has 2 aromatic carbocycles. The van der Waals surface area contributed by atoms with Gasteiger partial charge in [0.05, 0.1) is 5.57 Å². The van der Waals surface area contributed by atoms with Gasteiger partial charge < -0.3 is 9.47 Å². The predicted octanol–water partition coefficient (Wildman–Crippen LogP) is 10.3. The van der Waals surface area contributed by atoms with Gasteiger partial charge >= 0.3 is 6.18 Å². The summed E-state index contributed by atoms with van der Waals surface area (Å²) in [6.07, 6.45) is 7.26. The largest absolute Gasteiger partial charge is 0.417 e. The molecule has 6 heteroatoms. The Balaban J connectivity index is 1.69. The number of aromatic nitrogens is 1. The highest BCUT2D eigenvalue weighted by molar-refractivity contribution is 6.04. The van der Waals surface area contributed by atoms with Crippen molar-refractivity contribution in [3.8, 4) is 0 Å². The van der Waals surface area contributed by atoms with E-state index in [2.05, 4.69) is 47.7 Å². The number of alkyl halides is 3. The number of carbonyl (C=O) groups excluding carboxylic acids is 1. The molecule has 0 fully saturated rings. The zero-order valence-corrected chi connectivity index (χ0v) is 26.2. The zero-order chi connectivity index (χ0) is 30.7. The molecule has 0 amide bonds. The van der Waals surface area contributed by atoms with Crippen molar-refractivity contribution in [3.63, 3.8) is 0 Å². The van der Waals surface area contributed by atoms with Gasteiger partial charge in [0.25, 0.3) is 0 Å². The summed E-state index contributed by atoms with van der Waals surface area (Å²) in [6, 6.07) is 14.3. The van der Waals surface area contributed by atoms with Crippen molar-refractivity contribution in [1.82, 2.24) is 4.57 Å². The van der Waals surface area contributed by atoms with Crippen LogP contribution in [-0.2, 0) is 24.2 Å². The van der Waals surface area contributed by atoms with E-state index in [0.717, 1.165) is 68.0 Å². The van der Waals surface area contributed by atoms with E-state index in [4.69, 9.17) is 0 Å². The second-order valence-corrected chi connectivity index (χ2v) is 11.6. The summed E-state index contributed by atoms with van der Waals surface area (Å²) in [5, 5.41) is 0.658. The number of para-hydroxylation sites is 1. The Labute approximate surface area is 250 Å². The number of halogens is 3. The van der Waals surface area contributed by atoms with Gasteiger partial charge in [0, 0.05) is 42.4 Å². The number of ketones is 1. The van der Waals surface area contributed by atoms with Crippen LogP contribution in [0, 0.1) is 6.92 Å². The average Bonchev–Trinajstić information content (AvgIpc) is 3.23. The first-order valence-electron chi connectivity index (χ1n) is 15.8. The van der Waals surface area contributed by atoms with Gasteiger partial charge in [0.1, 0.15) is 0 Å². The maximum atomic E-state index is 14.4. The SMILES string of the molecule is CCCCc1ccc2c(c(C)c(CC)n2CCCCCCCCCN(C)c2ccccc2)c1/C(=C\C(C)=O)C(F)(F)F. The van der Waals surface area contributed by atoms with Crippen molar-refractivity contribution >= 4 is 27.9 Å². The van der Waals surface area contributed by atoms with E-state index in [1.165, 1.54) is 44.7 Å². The lowest BCUT2D eigenvalue weighted by molar-refractivity contribution is -0.113. The summed E-state index contributed by atoms with van der Waals surface area (Å²) in [7, 11) is 2.14. The van der Waals surface area contributed by atoms with Crippen molar-refractivity contribution in [1.29, 1.82) is 0 Å². The van der Waals surface area contributed by atoms with Crippen molar-refractivity contribution in [2.24, 2.45) is 0 Å². The summed E-state index contributed by atoms with van der Waals surface area (Å²) in [6.45, 7) is 9.10. The fourth-order valence-electron chi connectivity index (χ4n) is 6.14. The average molecular weight is 583 g/mol. The van der Waals surface area contributed by atoms with E-state index in [-0.39, 0.29) is 5.56 Å². The number of unbranched alkanes of at least 4 members (excludes halogenated alkanes) is 7. The van der Waals surface area contributed by atoms with E-state index in [1.807, 2.05) is 32.0 Å². The second-order valence-electron chi connectivity index (χ2n) is 11.6. The molecule has 0 aliphatic rings. The molecule has 0 saturated heterocycles. The van der Waals surface area contributed by atoms with Gasteiger partial charge in [0.15, 0.2) is 5.78 Å². The molecule has 0 aliphatic heterocycles. The molecule has 1 heterocycles.